The number of fused-ring (bicyclic) bond motifs is 1. The number of hydrogen-bond acceptors (Lipinski definition) is 2. The number of imidazole rings is 1. The lowest BCUT2D eigenvalue weighted by molar-refractivity contribution is 0.166. The molecule has 0 bridgehead atoms. The number of benzene rings is 1. The van der Waals surface area contributed by atoms with Crippen LogP contribution in [0.25, 0.3) is 5.65 Å². The molecule has 2 aromatic heterocycles. The molecule has 2 heterocycles. The van der Waals surface area contributed by atoms with Crippen molar-refractivity contribution in [2.45, 2.75) is 39.7 Å². The summed E-state index contributed by atoms with van der Waals surface area (Å²) in [5.74, 6) is 0. The van der Waals surface area contributed by atoms with Gasteiger partial charge in [-0.25, -0.2) is 4.98 Å². The van der Waals surface area contributed by atoms with Gasteiger partial charge in [0.15, 0.2) is 0 Å². The van der Waals surface area contributed by atoms with E-state index in [1.807, 2.05) is 19.1 Å². The van der Waals surface area contributed by atoms with Crippen molar-refractivity contribution < 1.29 is 5.11 Å². The first-order valence-electron chi connectivity index (χ1n) is 7.80. The lowest BCUT2D eigenvalue weighted by Crippen LogP contribution is -2.06. The van der Waals surface area contributed by atoms with E-state index in [0.29, 0.717) is 6.42 Å². The van der Waals surface area contributed by atoms with Gasteiger partial charge in [-0.05, 0) is 38.0 Å². The SMILES string of the molecule is CCC(O)c1c(Cc2ccc(C)cc2)nc2cccc(C)n12. The number of nitrogens with zero attached hydrogens (tertiary/aromatic N) is 2. The first-order chi connectivity index (χ1) is 10.6. The summed E-state index contributed by atoms with van der Waals surface area (Å²) in [6.45, 7) is 6.14. The molecule has 0 saturated carbocycles. The Morgan fingerprint density at radius 3 is 2.50 bits per heavy atom. The van der Waals surface area contributed by atoms with E-state index in [-0.39, 0.29) is 0 Å². The zero-order chi connectivity index (χ0) is 15.7. The van der Waals surface area contributed by atoms with Gasteiger partial charge in [0.1, 0.15) is 5.65 Å². The van der Waals surface area contributed by atoms with Crippen molar-refractivity contribution in [1.82, 2.24) is 9.38 Å². The minimum absolute atomic E-state index is 0.489. The molecule has 0 saturated heterocycles. The molecular formula is C19H22N2O. The van der Waals surface area contributed by atoms with Gasteiger partial charge >= 0.3 is 0 Å². The Morgan fingerprint density at radius 1 is 1.09 bits per heavy atom. The molecule has 0 spiro atoms. The number of aryl methyl sites for hydroxylation is 2. The highest BCUT2D eigenvalue weighted by Gasteiger charge is 2.19. The third-order valence-electron chi connectivity index (χ3n) is 4.15. The molecule has 0 aliphatic carbocycles. The van der Waals surface area contributed by atoms with Gasteiger partial charge in [0.25, 0.3) is 0 Å². The summed E-state index contributed by atoms with van der Waals surface area (Å²) in [6.07, 6.45) is 0.938. The standard InChI is InChI=1S/C19H22N2O/c1-4-17(22)19-16(12-15-10-8-13(2)9-11-15)20-18-7-5-6-14(3)21(18)19/h5-11,17,22H,4,12H2,1-3H3. The summed E-state index contributed by atoms with van der Waals surface area (Å²) in [6, 6.07) is 14.6. The van der Waals surface area contributed by atoms with Gasteiger partial charge in [0.05, 0.1) is 17.5 Å². The summed E-state index contributed by atoms with van der Waals surface area (Å²) in [4.78, 5) is 4.76. The van der Waals surface area contributed by atoms with E-state index in [0.717, 1.165) is 29.1 Å². The molecule has 0 fully saturated rings. The molecule has 0 amide bonds. The van der Waals surface area contributed by atoms with Crippen molar-refractivity contribution in [3.05, 3.63) is 70.7 Å². The van der Waals surface area contributed by atoms with E-state index in [2.05, 4.69) is 48.6 Å². The van der Waals surface area contributed by atoms with Crippen LogP contribution in [-0.4, -0.2) is 14.5 Å². The molecule has 1 aromatic carbocycles. The van der Waals surface area contributed by atoms with Crippen LogP contribution < -0.4 is 0 Å². The van der Waals surface area contributed by atoms with E-state index in [1.165, 1.54) is 11.1 Å². The van der Waals surface area contributed by atoms with Crippen LogP contribution >= 0.6 is 0 Å². The van der Waals surface area contributed by atoms with Crippen LogP contribution in [0.3, 0.4) is 0 Å². The van der Waals surface area contributed by atoms with Crippen LogP contribution in [0.5, 0.6) is 0 Å². The number of rotatable bonds is 4. The van der Waals surface area contributed by atoms with E-state index in [1.54, 1.807) is 0 Å². The van der Waals surface area contributed by atoms with Crippen molar-refractivity contribution in [3.8, 4) is 0 Å². The number of pyridine rings is 1. The molecule has 1 N–H and O–H groups in total. The molecule has 3 heteroatoms. The molecular weight excluding hydrogens is 272 g/mol. The number of aromatic nitrogens is 2. The van der Waals surface area contributed by atoms with E-state index < -0.39 is 6.10 Å². The van der Waals surface area contributed by atoms with Crippen molar-refractivity contribution in [2.24, 2.45) is 0 Å². The van der Waals surface area contributed by atoms with Crippen molar-refractivity contribution in [2.75, 3.05) is 0 Å². The second-order valence-corrected chi connectivity index (χ2v) is 5.89. The van der Waals surface area contributed by atoms with Crippen molar-refractivity contribution in [1.29, 1.82) is 0 Å². The highest BCUT2D eigenvalue weighted by atomic mass is 16.3. The fourth-order valence-electron chi connectivity index (χ4n) is 2.89. The first kappa shape index (κ1) is 14.8. The van der Waals surface area contributed by atoms with E-state index in [4.69, 9.17) is 4.98 Å². The smallest absolute Gasteiger partial charge is 0.137 e. The maximum Gasteiger partial charge on any atom is 0.137 e. The van der Waals surface area contributed by atoms with Crippen LogP contribution in [-0.2, 0) is 6.42 Å². The number of aliphatic hydroxyl groups is 1. The van der Waals surface area contributed by atoms with Crippen molar-refractivity contribution >= 4 is 5.65 Å². The van der Waals surface area contributed by atoms with Crippen LogP contribution in [0.2, 0.25) is 0 Å². The van der Waals surface area contributed by atoms with Gasteiger partial charge in [-0.1, -0.05) is 42.8 Å². The third-order valence-corrected chi connectivity index (χ3v) is 4.15. The predicted octanol–water partition coefficient (Wildman–Crippen LogP) is 3.99. The maximum atomic E-state index is 10.5. The normalized spacial score (nSPS) is 12.7. The van der Waals surface area contributed by atoms with Gasteiger partial charge < -0.3 is 5.11 Å². The first-order valence-corrected chi connectivity index (χ1v) is 7.80. The topological polar surface area (TPSA) is 37.5 Å². The highest BCUT2D eigenvalue weighted by molar-refractivity contribution is 5.47. The van der Waals surface area contributed by atoms with Crippen LogP contribution in [0.1, 0.15) is 47.7 Å². The van der Waals surface area contributed by atoms with Crippen LogP contribution in [0.4, 0.5) is 0 Å². The number of aliphatic hydroxyl groups excluding tert-OH is 1. The zero-order valence-electron chi connectivity index (χ0n) is 13.4. The Labute approximate surface area is 131 Å². The molecule has 22 heavy (non-hydrogen) atoms. The molecule has 114 valence electrons. The van der Waals surface area contributed by atoms with Gasteiger partial charge in [-0.2, -0.15) is 0 Å². The van der Waals surface area contributed by atoms with Crippen LogP contribution in [0, 0.1) is 13.8 Å². The van der Waals surface area contributed by atoms with E-state index >= 15 is 0 Å². The summed E-state index contributed by atoms with van der Waals surface area (Å²) in [7, 11) is 0. The molecule has 1 unspecified atom stereocenters. The van der Waals surface area contributed by atoms with E-state index in [9.17, 15) is 5.11 Å². The molecule has 0 radical (unpaired) electrons. The lowest BCUT2D eigenvalue weighted by atomic mass is 10.0. The number of hydrogen-bond donors (Lipinski definition) is 1. The average molecular weight is 294 g/mol. The second kappa shape index (κ2) is 5.93. The van der Waals surface area contributed by atoms with Gasteiger partial charge in [0, 0.05) is 12.1 Å². The molecule has 3 nitrogen and oxygen atoms in total. The average Bonchev–Trinajstić information content (AvgIpc) is 2.88. The summed E-state index contributed by atoms with van der Waals surface area (Å²) in [5, 5.41) is 10.5. The zero-order valence-corrected chi connectivity index (χ0v) is 13.4. The monoisotopic (exact) mass is 294 g/mol. The predicted molar refractivity (Wildman–Crippen MR) is 89.2 cm³/mol. The van der Waals surface area contributed by atoms with Crippen molar-refractivity contribution in [3.63, 3.8) is 0 Å². The minimum Gasteiger partial charge on any atom is -0.387 e. The van der Waals surface area contributed by atoms with Gasteiger partial charge in [-0.3, -0.25) is 4.40 Å². The third kappa shape index (κ3) is 2.64. The fraction of sp³-hybridized carbons (Fsp3) is 0.316. The van der Waals surface area contributed by atoms with Crippen LogP contribution in [0.15, 0.2) is 42.5 Å². The summed E-state index contributed by atoms with van der Waals surface area (Å²) >= 11 is 0. The second-order valence-electron chi connectivity index (χ2n) is 5.89. The molecule has 1 atom stereocenters. The fourth-order valence-corrected chi connectivity index (χ4v) is 2.89. The minimum atomic E-state index is -0.489. The Morgan fingerprint density at radius 2 is 1.82 bits per heavy atom. The summed E-state index contributed by atoms with van der Waals surface area (Å²) < 4.78 is 2.08. The summed E-state index contributed by atoms with van der Waals surface area (Å²) in [5.41, 5.74) is 6.37. The Bertz CT molecular complexity index is 787. The molecule has 0 aliphatic heterocycles. The Hall–Kier alpha value is -2.13. The van der Waals surface area contributed by atoms with Gasteiger partial charge in [0.2, 0.25) is 0 Å². The molecule has 3 aromatic rings. The quantitative estimate of drug-likeness (QED) is 0.790. The molecule has 3 rings (SSSR count). The molecule has 0 aliphatic rings. The maximum absolute atomic E-state index is 10.5. The highest BCUT2D eigenvalue weighted by Crippen LogP contribution is 2.26. The largest absolute Gasteiger partial charge is 0.387 e. The Balaban J connectivity index is 2.12. The van der Waals surface area contributed by atoms with Gasteiger partial charge in [-0.15, -0.1) is 0 Å². The Kier molecular flexibility index (Phi) is 3.99. The lowest BCUT2D eigenvalue weighted by Gasteiger charge is -2.12.